The van der Waals surface area contributed by atoms with Crippen molar-refractivity contribution in [2.75, 3.05) is 0 Å². The molecular weight excluding hydrogens is 164 g/mol. The Bertz CT molecular complexity index is 249. The number of Topliss-reactive ketones (excluding diaryl/α,β-unsaturated/α-hetero) is 1. The summed E-state index contributed by atoms with van der Waals surface area (Å²) < 4.78 is 5.15. The average molecular weight is 180 g/mol. The lowest BCUT2D eigenvalue weighted by Crippen LogP contribution is -2.10. The molecule has 72 valence electrons. The lowest BCUT2D eigenvalue weighted by molar-refractivity contribution is -0.122. The summed E-state index contributed by atoms with van der Waals surface area (Å²) in [5.41, 5.74) is 0. The number of ketones is 1. The van der Waals surface area contributed by atoms with E-state index in [0.29, 0.717) is 12.2 Å². The fourth-order valence-electron chi connectivity index (χ4n) is 1.18. The van der Waals surface area contributed by atoms with Gasteiger partial charge in [0.25, 0.3) is 0 Å². The second-order valence-electron chi connectivity index (χ2n) is 3.35. The van der Waals surface area contributed by atoms with Gasteiger partial charge in [-0.25, -0.2) is 0 Å². The molecule has 0 aromatic carbocycles. The molecule has 1 aromatic rings. The minimum Gasteiger partial charge on any atom is -0.469 e. The SMILES string of the molecule is CCC(C)C(=O)CCc1ccco1. The number of carbonyl (C=O) groups excluding carboxylic acids is 1. The van der Waals surface area contributed by atoms with E-state index in [-0.39, 0.29) is 5.92 Å². The van der Waals surface area contributed by atoms with Gasteiger partial charge in [0, 0.05) is 18.8 Å². The lowest BCUT2D eigenvalue weighted by atomic mass is 9.99. The van der Waals surface area contributed by atoms with Gasteiger partial charge in [0.15, 0.2) is 0 Å². The third-order valence-corrected chi connectivity index (χ3v) is 2.36. The molecule has 0 saturated carbocycles. The molecule has 0 spiro atoms. The van der Waals surface area contributed by atoms with Crippen LogP contribution < -0.4 is 0 Å². The fourth-order valence-corrected chi connectivity index (χ4v) is 1.18. The van der Waals surface area contributed by atoms with Crippen molar-refractivity contribution in [3.8, 4) is 0 Å². The van der Waals surface area contributed by atoms with Gasteiger partial charge in [-0.15, -0.1) is 0 Å². The molecule has 1 aromatic heterocycles. The number of carbonyl (C=O) groups is 1. The van der Waals surface area contributed by atoms with Crippen LogP contribution in [0, 0.1) is 5.92 Å². The zero-order valence-electron chi connectivity index (χ0n) is 8.25. The van der Waals surface area contributed by atoms with Gasteiger partial charge >= 0.3 is 0 Å². The highest BCUT2D eigenvalue weighted by molar-refractivity contribution is 5.80. The molecule has 0 aliphatic heterocycles. The predicted octanol–water partition coefficient (Wildman–Crippen LogP) is 2.83. The van der Waals surface area contributed by atoms with Gasteiger partial charge in [-0.2, -0.15) is 0 Å². The van der Waals surface area contributed by atoms with Crippen LogP contribution in [0.5, 0.6) is 0 Å². The van der Waals surface area contributed by atoms with E-state index >= 15 is 0 Å². The second-order valence-corrected chi connectivity index (χ2v) is 3.35. The van der Waals surface area contributed by atoms with Crippen LogP contribution in [0.3, 0.4) is 0 Å². The summed E-state index contributed by atoms with van der Waals surface area (Å²) >= 11 is 0. The van der Waals surface area contributed by atoms with Crippen molar-refractivity contribution in [2.24, 2.45) is 5.92 Å². The van der Waals surface area contributed by atoms with Crippen molar-refractivity contribution in [2.45, 2.75) is 33.1 Å². The molecule has 13 heavy (non-hydrogen) atoms. The van der Waals surface area contributed by atoms with Crippen molar-refractivity contribution < 1.29 is 9.21 Å². The Labute approximate surface area is 78.9 Å². The van der Waals surface area contributed by atoms with E-state index in [1.807, 2.05) is 26.0 Å². The molecule has 0 fully saturated rings. The van der Waals surface area contributed by atoms with E-state index in [1.165, 1.54) is 0 Å². The standard InChI is InChI=1S/C11H16O2/c1-3-9(2)11(12)7-6-10-5-4-8-13-10/h4-5,8-9H,3,6-7H2,1-2H3. The third kappa shape index (κ3) is 3.05. The molecule has 0 bridgehead atoms. The summed E-state index contributed by atoms with van der Waals surface area (Å²) in [6, 6.07) is 3.76. The van der Waals surface area contributed by atoms with Crippen LogP contribution in [0.25, 0.3) is 0 Å². The number of rotatable bonds is 5. The highest BCUT2D eigenvalue weighted by Gasteiger charge is 2.10. The number of hydrogen-bond donors (Lipinski definition) is 0. The first kappa shape index (κ1) is 10.0. The number of aryl methyl sites for hydroxylation is 1. The molecule has 0 radical (unpaired) electrons. The number of hydrogen-bond acceptors (Lipinski definition) is 2. The van der Waals surface area contributed by atoms with E-state index in [2.05, 4.69) is 0 Å². The Morgan fingerprint density at radius 2 is 2.38 bits per heavy atom. The van der Waals surface area contributed by atoms with Gasteiger partial charge < -0.3 is 4.42 Å². The molecule has 2 heteroatoms. The monoisotopic (exact) mass is 180 g/mol. The van der Waals surface area contributed by atoms with E-state index in [9.17, 15) is 4.79 Å². The van der Waals surface area contributed by atoms with Crippen LogP contribution >= 0.6 is 0 Å². The van der Waals surface area contributed by atoms with Crippen LogP contribution in [0.15, 0.2) is 22.8 Å². The first-order valence-corrected chi connectivity index (χ1v) is 4.79. The molecule has 0 amide bonds. The Morgan fingerprint density at radius 1 is 1.62 bits per heavy atom. The highest BCUT2D eigenvalue weighted by Crippen LogP contribution is 2.09. The first-order valence-electron chi connectivity index (χ1n) is 4.79. The average Bonchev–Trinajstić information content (AvgIpc) is 2.65. The normalized spacial score (nSPS) is 12.8. The minimum absolute atomic E-state index is 0.190. The van der Waals surface area contributed by atoms with Crippen molar-refractivity contribution >= 4 is 5.78 Å². The minimum atomic E-state index is 0.190. The topological polar surface area (TPSA) is 30.2 Å². The van der Waals surface area contributed by atoms with E-state index < -0.39 is 0 Å². The Hall–Kier alpha value is -1.05. The third-order valence-electron chi connectivity index (χ3n) is 2.36. The summed E-state index contributed by atoms with van der Waals surface area (Å²) in [5, 5.41) is 0. The van der Waals surface area contributed by atoms with Crippen LogP contribution in [0.2, 0.25) is 0 Å². The lowest BCUT2D eigenvalue weighted by Gasteiger charge is -2.05. The summed E-state index contributed by atoms with van der Waals surface area (Å²) in [5.74, 6) is 1.42. The molecule has 0 saturated heterocycles. The van der Waals surface area contributed by atoms with Gasteiger partial charge in [-0.1, -0.05) is 13.8 Å². The van der Waals surface area contributed by atoms with E-state index in [0.717, 1.165) is 18.6 Å². The summed E-state index contributed by atoms with van der Waals surface area (Å²) in [7, 11) is 0. The van der Waals surface area contributed by atoms with Crippen LogP contribution in [0.1, 0.15) is 32.4 Å². The fraction of sp³-hybridized carbons (Fsp3) is 0.545. The highest BCUT2D eigenvalue weighted by atomic mass is 16.3. The van der Waals surface area contributed by atoms with E-state index in [1.54, 1.807) is 6.26 Å². The number of furan rings is 1. The van der Waals surface area contributed by atoms with Crippen molar-refractivity contribution in [1.29, 1.82) is 0 Å². The molecule has 0 aliphatic rings. The van der Waals surface area contributed by atoms with Crippen molar-refractivity contribution in [3.63, 3.8) is 0 Å². The first-order chi connectivity index (χ1) is 6.24. The zero-order valence-corrected chi connectivity index (χ0v) is 8.25. The van der Waals surface area contributed by atoms with Gasteiger partial charge in [-0.05, 0) is 18.6 Å². The van der Waals surface area contributed by atoms with Gasteiger partial charge in [0.1, 0.15) is 11.5 Å². The van der Waals surface area contributed by atoms with E-state index in [4.69, 9.17) is 4.42 Å². The molecular formula is C11H16O2. The molecule has 1 unspecified atom stereocenters. The molecule has 0 N–H and O–H groups in total. The smallest absolute Gasteiger partial charge is 0.136 e. The molecule has 1 heterocycles. The largest absolute Gasteiger partial charge is 0.469 e. The summed E-state index contributed by atoms with van der Waals surface area (Å²) in [6.45, 7) is 4.01. The summed E-state index contributed by atoms with van der Waals surface area (Å²) in [4.78, 5) is 11.4. The molecule has 1 rings (SSSR count). The molecule has 2 nitrogen and oxygen atoms in total. The van der Waals surface area contributed by atoms with Crippen molar-refractivity contribution in [3.05, 3.63) is 24.2 Å². The van der Waals surface area contributed by atoms with Gasteiger partial charge in [0.2, 0.25) is 0 Å². The van der Waals surface area contributed by atoms with Crippen LogP contribution in [-0.4, -0.2) is 5.78 Å². The second kappa shape index (κ2) is 4.85. The van der Waals surface area contributed by atoms with Crippen molar-refractivity contribution in [1.82, 2.24) is 0 Å². The van der Waals surface area contributed by atoms with Gasteiger partial charge in [-0.3, -0.25) is 4.79 Å². The maximum Gasteiger partial charge on any atom is 0.136 e. The van der Waals surface area contributed by atoms with Gasteiger partial charge in [0.05, 0.1) is 6.26 Å². The Morgan fingerprint density at radius 3 is 2.92 bits per heavy atom. The molecule has 0 aliphatic carbocycles. The Kier molecular flexibility index (Phi) is 3.74. The molecule has 1 atom stereocenters. The quantitative estimate of drug-likeness (QED) is 0.697. The predicted molar refractivity (Wildman–Crippen MR) is 51.5 cm³/mol. The zero-order chi connectivity index (χ0) is 9.68. The summed E-state index contributed by atoms with van der Waals surface area (Å²) in [6.07, 6.45) is 3.90. The van der Waals surface area contributed by atoms with Crippen LogP contribution in [-0.2, 0) is 11.2 Å². The maximum absolute atomic E-state index is 11.4. The Balaban J connectivity index is 2.31. The van der Waals surface area contributed by atoms with Crippen LogP contribution in [0.4, 0.5) is 0 Å². The maximum atomic E-state index is 11.4.